The van der Waals surface area contributed by atoms with Crippen LogP contribution >= 0.6 is 45.8 Å². The maximum absolute atomic E-state index is 12.4. The highest BCUT2D eigenvalue weighted by atomic mass is 127. The van der Waals surface area contributed by atoms with Crippen molar-refractivity contribution in [3.63, 3.8) is 0 Å². The molecule has 2 unspecified atom stereocenters. The Kier molecular flexibility index (Phi) is 4.78. The van der Waals surface area contributed by atoms with Crippen LogP contribution < -0.4 is 0 Å². The van der Waals surface area contributed by atoms with E-state index in [1.807, 2.05) is 11.0 Å². The molecule has 1 aliphatic heterocycles. The largest absolute Gasteiger partial charge is 0.338 e. The Hall–Kier alpha value is -0.0000000000000000555. The predicted molar refractivity (Wildman–Crippen MR) is 83.5 cm³/mol. The van der Waals surface area contributed by atoms with E-state index in [2.05, 4.69) is 29.5 Å². The van der Waals surface area contributed by atoms with Gasteiger partial charge >= 0.3 is 0 Å². The first-order valence-electron chi connectivity index (χ1n) is 5.87. The molecule has 1 amide bonds. The maximum atomic E-state index is 12.4. The van der Waals surface area contributed by atoms with Crippen LogP contribution in [0.5, 0.6) is 0 Å². The van der Waals surface area contributed by atoms with Gasteiger partial charge in [0.15, 0.2) is 0 Å². The summed E-state index contributed by atoms with van der Waals surface area (Å²) in [4.78, 5) is 14.3. The molecule has 0 saturated carbocycles. The summed E-state index contributed by atoms with van der Waals surface area (Å²) in [6, 6.07) is 5.41. The molecule has 1 fully saturated rings. The molecule has 1 saturated heterocycles. The van der Waals surface area contributed by atoms with Gasteiger partial charge in [-0.2, -0.15) is 0 Å². The summed E-state index contributed by atoms with van der Waals surface area (Å²) in [7, 11) is 0. The molecule has 0 radical (unpaired) electrons. The van der Waals surface area contributed by atoms with Crippen molar-refractivity contribution in [3.05, 3.63) is 32.4 Å². The molecule has 1 aromatic rings. The standard InChI is InChI=1S/C13H14Cl2INO/c1-8-7-17(5-4-11(8)15)13(18)10-6-9(14)2-3-12(10)16/h2-3,6,8,11H,4-5,7H2,1H3. The SMILES string of the molecule is CC1CN(C(=O)c2cc(Cl)ccc2I)CCC1Cl. The molecule has 18 heavy (non-hydrogen) atoms. The third-order valence-electron chi connectivity index (χ3n) is 3.25. The van der Waals surface area contributed by atoms with Crippen molar-refractivity contribution in [2.45, 2.75) is 18.7 Å². The van der Waals surface area contributed by atoms with Gasteiger partial charge in [-0.05, 0) is 53.1 Å². The zero-order valence-electron chi connectivity index (χ0n) is 10.00. The van der Waals surface area contributed by atoms with Gasteiger partial charge < -0.3 is 4.90 Å². The average Bonchev–Trinajstić information content (AvgIpc) is 2.35. The van der Waals surface area contributed by atoms with E-state index in [-0.39, 0.29) is 11.3 Å². The van der Waals surface area contributed by atoms with Gasteiger partial charge in [-0.3, -0.25) is 4.79 Å². The number of alkyl halides is 1. The quantitative estimate of drug-likeness (QED) is 0.517. The molecular formula is C13H14Cl2INO. The number of nitrogens with zero attached hydrogens (tertiary/aromatic N) is 1. The lowest BCUT2D eigenvalue weighted by atomic mass is 9.99. The molecule has 0 N–H and O–H groups in total. The fraction of sp³-hybridized carbons (Fsp3) is 0.462. The highest BCUT2D eigenvalue weighted by Crippen LogP contribution is 2.25. The van der Waals surface area contributed by atoms with E-state index in [4.69, 9.17) is 23.2 Å². The molecule has 0 aromatic heterocycles. The van der Waals surface area contributed by atoms with Crippen molar-refractivity contribution < 1.29 is 4.79 Å². The Balaban J connectivity index is 2.19. The highest BCUT2D eigenvalue weighted by molar-refractivity contribution is 14.1. The first-order chi connectivity index (χ1) is 8.49. The van der Waals surface area contributed by atoms with E-state index in [9.17, 15) is 4.79 Å². The third-order valence-corrected chi connectivity index (χ3v) is 5.07. The number of carbonyl (C=O) groups is 1. The first kappa shape index (κ1) is 14.4. The Bertz CT molecular complexity index is 466. The number of rotatable bonds is 1. The lowest BCUT2D eigenvalue weighted by Crippen LogP contribution is -2.43. The van der Waals surface area contributed by atoms with Crippen LogP contribution in [0.1, 0.15) is 23.7 Å². The summed E-state index contributed by atoms with van der Waals surface area (Å²) < 4.78 is 0.933. The van der Waals surface area contributed by atoms with Crippen LogP contribution in [0.15, 0.2) is 18.2 Å². The minimum absolute atomic E-state index is 0.0531. The van der Waals surface area contributed by atoms with Gasteiger partial charge in [0.05, 0.1) is 5.56 Å². The van der Waals surface area contributed by atoms with Crippen LogP contribution in [0.25, 0.3) is 0 Å². The summed E-state index contributed by atoms with van der Waals surface area (Å²) in [6.45, 7) is 3.52. The molecule has 2 nitrogen and oxygen atoms in total. The van der Waals surface area contributed by atoms with Crippen molar-refractivity contribution in [1.29, 1.82) is 0 Å². The normalized spacial score (nSPS) is 24.1. The third kappa shape index (κ3) is 3.11. The number of piperidine rings is 1. The number of halogens is 3. The highest BCUT2D eigenvalue weighted by Gasteiger charge is 2.28. The topological polar surface area (TPSA) is 20.3 Å². The fourth-order valence-corrected chi connectivity index (χ4v) is 3.05. The van der Waals surface area contributed by atoms with E-state index in [0.29, 0.717) is 16.5 Å². The molecule has 1 heterocycles. The first-order valence-corrected chi connectivity index (χ1v) is 7.76. The molecule has 2 atom stereocenters. The summed E-state index contributed by atoms with van der Waals surface area (Å²) >= 11 is 14.3. The molecule has 0 spiro atoms. The lowest BCUT2D eigenvalue weighted by molar-refractivity contribution is 0.0686. The van der Waals surface area contributed by atoms with Gasteiger partial charge in [-0.1, -0.05) is 18.5 Å². The van der Waals surface area contributed by atoms with Crippen LogP contribution in [-0.2, 0) is 0 Å². The number of likely N-dealkylation sites (tertiary alicyclic amines) is 1. The van der Waals surface area contributed by atoms with Gasteiger partial charge in [0.1, 0.15) is 0 Å². The maximum Gasteiger partial charge on any atom is 0.254 e. The Morgan fingerprint density at radius 3 is 2.89 bits per heavy atom. The van der Waals surface area contributed by atoms with E-state index in [0.717, 1.165) is 23.1 Å². The number of amides is 1. The lowest BCUT2D eigenvalue weighted by Gasteiger charge is -2.34. The van der Waals surface area contributed by atoms with Crippen molar-refractivity contribution in [2.24, 2.45) is 5.92 Å². The van der Waals surface area contributed by atoms with E-state index in [1.165, 1.54) is 0 Å². The molecule has 1 aliphatic rings. The van der Waals surface area contributed by atoms with E-state index < -0.39 is 0 Å². The van der Waals surface area contributed by atoms with Gasteiger partial charge in [-0.15, -0.1) is 11.6 Å². The zero-order valence-corrected chi connectivity index (χ0v) is 13.7. The predicted octanol–water partition coefficient (Wildman–Crippen LogP) is 4.03. The zero-order chi connectivity index (χ0) is 13.3. The van der Waals surface area contributed by atoms with Crippen LogP contribution in [0.3, 0.4) is 0 Å². The molecule has 0 bridgehead atoms. The van der Waals surface area contributed by atoms with Crippen molar-refractivity contribution in [1.82, 2.24) is 4.90 Å². The average molecular weight is 398 g/mol. The van der Waals surface area contributed by atoms with Crippen LogP contribution in [-0.4, -0.2) is 29.3 Å². The van der Waals surface area contributed by atoms with Crippen molar-refractivity contribution in [3.8, 4) is 0 Å². The minimum Gasteiger partial charge on any atom is -0.338 e. The Morgan fingerprint density at radius 2 is 2.22 bits per heavy atom. The van der Waals surface area contributed by atoms with E-state index >= 15 is 0 Å². The molecule has 1 aromatic carbocycles. The second kappa shape index (κ2) is 5.97. The van der Waals surface area contributed by atoms with Gasteiger partial charge in [-0.25, -0.2) is 0 Å². The summed E-state index contributed by atoms with van der Waals surface area (Å²) in [5.74, 6) is 0.388. The number of hydrogen-bond donors (Lipinski definition) is 0. The number of hydrogen-bond acceptors (Lipinski definition) is 1. The van der Waals surface area contributed by atoms with Crippen molar-refractivity contribution in [2.75, 3.05) is 13.1 Å². The van der Waals surface area contributed by atoms with Gasteiger partial charge in [0, 0.05) is 27.1 Å². The summed E-state index contributed by atoms with van der Waals surface area (Å²) in [6.07, 6.45) is 0.853. The van der Waals surface area contributed by atoms with Crippen LogP contribution in [0.2, 0.25) is 5.02 Å². The molecular weight excluding hydrogens is 384 g/mol. The van der Waals surface area contributed by atoms with Gasteiger partial charge in [0.25, 0.3) is 5.91 Å². The number of carbonyl (C=O) groups excluding carboxylic acids is 1. The summed E-state index contributed by atoms with van der Waals surface area (Å²) in [5.41, 5.74) is 0.684. The minimum atomic E-state index is 0.0531. The van der Waals surface area contributed by atoms with Crippen molar-refractivity contribution >= 4 is 51.7 Å². The second-order valence-corrected chi connectivity index (χ2v) is 6.82. The number of benzene rings is 1. The monoisotopic (exact) mass is 397 g/mol. The smallest absolute Gasteiger partial charge is 0.254 e. The van der Waals surface area contributed by atoms with Crippen LogP contribution in [0, 0.1) is 9.49 Å². The Morgan fingerprint density at radius 1 is 1.50 bits per heavy atom. The van der Waals surface area contributed by atoms with Crippen LogP contribution in [0.4, 0.5) is 0 Å². The molecule has 5 heteroatoms. The Labute approximate surface area is 131 Å². The van der Waals surface area contributed by atoms with Gasteiger partial charge in [0.2, 0.25) is 0 Å². The fourth-order valence-electron chi connectivity index (χ4n) is 2.13. The van der Waals surface area contributed by atoms with E-state index in [1.54, 1.807) is 12.1 Å². The molecule has 0 aliphatic carbocycles. The molecule has 98 valence electrons. The second-order valence-electron chi connectivity index (χ2n) is 4.66. The molecule has 2 rings (SSSR count). The summed E-state index contributed by atoms with van der Waals surface area (Å²) in [5, 5.41) is 0.770.